The predicted octanol–water partition coefficient (Wildman–Crippen LogP) is 4.46. The molecule has 1 N–H and O–H groups in total. The van der Waals surface area contributed by atoms with E-state index in [1.165, 1.54) is 18.1 Å². The Morgan fingerprint density at radius 3 is 2.48 bits per heavy atom. The summed E-state index contributed by atoms with van der Waals surface area (Å²) in [6, 6.07) is 8.31. The van der Waals surface area contributed by atoms with E-state index in [0.29, 0.717) is 23.3 Å². The molecule has 3 rings (SSSR count). The smallest absolute Gasteiger partial charge is 0.257 e. The van der Waals surface area contributed by atoms with Crippen molar-refractivity contribution in [2.75, 3.05) is 12.9 Å². The van der Waals surface area contributed by atoms with Gasteiger partial charge < -0.3 is 8.99 Å². The molecule has 0 radical (unpaired) electrons. The molecule has 8 nitrogen and oxygen atoms in total. The summed E-state index contributed by atoms with van der Waals surface area (Å²) in [6.45, 7) is 11.2. The van der Waals surface area contributed by atoms with Gasteiger partial charge in [-0.3, -0.25) is 14.9 Å². The summed E-state index contributed by atoms with van der Waals surface area (Å²) in [4.78, 5) is 38.5. The molecular weight excluding hydrogens is 454 g/mol. The van der Waals surface area contributed by atoms with Gasteiger partial charge in [-0.15, -0.1) is 11.8 Å². The first-order chi connectivity index (χ1) is 15.5. The number of fused-ring (bicyclic) bond motifs is 1. The molecule has 1 aromatic carbocycles. The first kappa shape index (κ1) is 25.1. The molecule has 0 aliphatic carbocycles. The molecule has 0 aliphatic rings. The Kier molecular flexibility index (Phi) is 7.71. The number of nitrogens with one attached hydrogen (secondary N) is 1. The number of benzene rings is 1. The van der Waals surface area contributed by atoms with E-state index in [9.17, 15) is 9.59 Å². The van der Waals surface area contributed by atoms with Crippen molar-refractivity contribution in [2.45, 2.75) is 56.4 Å². The quantitative estimate of drug-likeness (QED) is 0.286. The minimum atomic E-state index is -2.07. The minimum Gasteiger partial charge on any atom is -0.415 e. The fourth-order valence-corrected chi connectivity index (χ4v) is 4.59. The molecule has 0 bridgehead atoms. The van der Waals surface area contributed by atoms with Gasteiger partial charge in [-0.05, 0) is 36.5 Å². The van der Waals surface area contributed by atoms with E-state index in [4.69, 9.17) is 4.43 Å². The molecular formula is C23H31N5O3SSi. The monoisotopic (exact) mass is 485 g/mol. The standard InChI is InChI=1S/C23H31N5O3SSi/c1-23(2,3)33(5,6)31-13-17(12-18(29)27-21(30)16-10-8-7-9-11-16)28-15-26-19-20(28)24-14-25-22(19)32-4/h7-11,14-15,17H,12-13H2,1-6H3,(H,27,29,30). The molecule has 0 saturated carbocycles. The van der Waals surface area contributed by atoms with Gasteiger partial charge in [-0.2, -0.15) is 0 Å². The van der Waals surface area contributed by atoms with Crippen molar-refractivity contribution in [1.82, 2.24) is 24.8 Å². The zero-order chi connectivity index (χ0) is 24.2. The average molecular weight is 486 g/mol. The number of hydrogen-bond donors (Lipinski definition) is 1. The lowest BCUT2D eigenvalue weighted by Crippen LogP contribution is -2.42. The molecule has 2 amide bonds. The SMILES string of the molecule is CSc1ncnc2c1ncn2C(CO[Si](C)(C)C(C)(C)C)CC(=O)NC(=O)c1ccccc1. The normalized spacial score (nSPS) is 13.2. The van der Waals surface area contributed by atoms with Crippen LogP contribution < -0.4 is 5.32 Å². The fraction of sp³-hybridized carbons (Fsp3) is 0.435. The summed E-state index contributed by atoms with van der Waals surface area (Å²) in [5.74, 6) is -0.805. The Balaban J connectivity index is 1.86. The van der Waals surface area contributed by atoms with Gasteiger partial charge in [0, 0.05) is 5.56 Å². The van der Waals surface area contributed by atoms with Gasteiger partial charge in [0.15, 0.2) is 14.0 Å². The van der Waals surface area contributed by atoms with Crippen LogP contribution in [0.1, 0.15) is 43.6 Å². The van der Waals surface area contributed by atoms with Crippen molar-refractivity contribution in [3.63, 3.8) is 0 Å². The lowest BCUT2D eigenvalue weighted by molar-refractivity contribution is -0.121. The maximum Gasteiger partial charge on any atom is 0.257 e. The van der Waals surface area contributed by atoms with E-state index in [2.05, 4.69) is 54.1 Å². The number of nitrogens with zero attached hydrogens (tertiary/aromatic N) is 4. The Morgan fingerprint density at radius 1 is 1.15 bits per heavy atom. The Morgan fingerprint density at radius 2 is 1.85 bits per heavy atom. The van der Waals surface area contributed by atoms with Crippen molar-refractivity contribution in [3.8, 4) is 0 Å². The van der Waals surface area contributed by atoms with Crippen molar-refractivity contribution in [2.24, 2.45) is 0 Å². The maximum absolute atomic E-state index is 12.9. The van der Waals surface area contributed by atoms with E-state index in [1.807, 2.05) is 16.9 Å². The zero-order valence-electron chi connectivity index (χ0n) is 20.0. The van der Waals surface area contributed by atoms with Crippen LogP contribution in [0.25, 0.3) is 11.2 Å². The van der Waals surface area contributed by atoms with Crippen LogP contribution in [-0.2, 0) is 9.22 Å². The second-order valence-corrected chi connectivity index (χ2v) is 15.0. The van der Waals surface area contributed by atoms with Crippen LogP contribution in [0.4, 0.5) is 0 Å². The zero-order valence-corrected chi connectivity index (χ0v) is 21.8. The van der Waals surface area contributed by atoms with Gasteiger partial charge in [-0.1, -0.05) is 39.0 Å². The van der Waals surface area contributed by atoms with Crippen molar-refractivity contribution in [1.29, 1.82) is 0 Å². The average Bonchev–Trinajstić information content (AvgIpc) is 3.20. The van der Waals surface area contributed by atoms with Gasteiger partial charge >= 0.3 is 0 Å². The number of imidazole rings is 1. The van der Waals surface area contributed by atoms with Gasteiger partial charge in [0.05, 0.1) is 25.4 Å². The summed E-state index contributed by atoms with van der Waals surface area (Å²) >= 11 is 1.49. The summed E-state index contributed by atoms with van der Waals surface area (Å²) in [6.07, 6.45) is 5.15. The molecule has 0 saturated heterocycles. The third-order valence-electron chi connectivity index (χ3n) is 6.06. The molecule has 33 heavy (non-hydrogen) atoms. The molecule has 3 aromatic rings. The first-order valence-corrected chi connectivity index (χ1v) is 14.9. The fourth-order valence-electron chi connectivity index (χ4n) is 3.06. The van der Waals surface area contributed by atoms with Gasteiger partial charge in [-0.25, -0.2) is 15.0 Å². The van der Waals surface area contributed by atoms with Crippen LogP contribution in [0.15, 0.2) is 48.0 Å². The Labute approximate surface area is 199 Å². The van der Waals surface area contributed by atoms with Crippen LogP contribution in [0.5, 0.6) is 0 Å². The molecule has 2 aromatic heterocycles. The lowest BCUT2D eigenvalue weighted by Gasteiger charge is -2.37. The summed E-state index contributed by atoms with van der Waals surface area (Å²) in [5.41, 5.74) is 1.76. The number of carbonyl (C=O) groups excluding carboxylic acids is 2. The minimum absolute atomic E-state index is 0.0221. The van der Waals surface area contributed by atoms with Crippen molar-refractivity contribution < 1.29 is 14.0 Å². The maximum atomic E-state index is 12.9. The number of amides is 2. The molecule has 0 aliphatic heterocycles. The number of aromatic nitrogens is 4. The summed E-state index contributed by atoms with van der Waals surface area (Å²) in [7, 11) is -2.07. The molecule has 0 spiro atoms. The van der Waals surface area contributed by atoms with Crippen LogP contribution in [0, 0.1) is 0 Å². The lowest BCUT2D eigenvalue weighted by atomic mass is 10.2. The van der Waals surface area contributed by atoms with Gasteiger partial charge in [0.1, 0.15) is 16.9 Å². The largest absolute Gasteiger partial charge is 0.415 e. The van der Waals surface area contributed by atoms with Crippen molar-refractivity contribution in [3.05, 3.63) is 48.5 Å². The van der Waals surface area contributed by atoms with Crippen LogP contribution in [-0.4, -0.2) is 52.5 Å². The first-order valence-electron chi connectivity index (χ1n) is 10.8. The highest BCUT2D eigenvalue weighted by molar-refractivity contribution is 7.98. The molecule has 2 heterocycles. The summed E-state index contributed by atoms with van der Waals surface area (Å²) < 4.78 is 8.31. The van der Waals surface area contributed by atoms with E-state index < -0.39 is 14.2 Å². The number of thioether (sulfide) groups is 1. The van der Waals surface area contributed by atoms with Gasteiger partial charge in [0.2, 0.25) is 5.91 Å². The highest BCUT2D eigenvalue weighted by Gasteiger charge is 2.38. The Bertz CT molecular complexity index is 1130. The van der Waals surface area contributed by atoms with Crippen LogP contribution in [0.2, 0.25) is 18.1 Å². The third kappa shape index (κ3) is 5.87. The number of imide groups is 1. The van der Waals surface area contributed by atoms with E-state index in [-0.39, 0.29) is 23.4 Å². The van der Waals surface area contributed by atoms with E-state index in [1.54, 1.807) is 30.6 Å². The van der Waals surface area contributed by atoms with Gasteiger partial charge in [0.25, 0.3) is 5.91 Å². The van der Waals surface area contributed by atoms with Crippen LogP contribution >= 0.6 is 11.8 Å². The number of carbonyl (C=O) groups is 2. The topological polar surface area (TPSA) is 99.0 Å². The second-order valence-electron chi connectivity index (χ2n) is 9.38. The third-order valence-corrected chi connectivity index (χ3v) is 11.3. The van der Waals surface area contributed by atoms with Crippen LogP contribution in [0.3, 0.4) is 0 Å². The molecule has 10 heteroatoms. The highest BCUT2D eigenvalue weighted by atomic mass is 32.2. The van der Waals surface area contributed by atoms with E-state index in [0.717, 1.165) is 5.03 Å². The highest BCUT2D eigenvalue weighted by Crippen LogP contribution is 2.37. The molecule has 176 valence electrons. The molecule has 0 fully saturated rings. The predicted molar refractivity (Wildman–Crippen MR) is 133 cm³/mol. The van der Waals surface area contributed by atoms with Crippen molar-refractivity contribution >= 4 is 43.1 Å². The summed E-state index contributed by atoms with van der Waals surface area (Å²) in [5, 5.41) is 3.29. The molecule has 1 unspecified atom stereocenters. The second kappa shape index (κ2) is 10.1. The number of hydrogen-bond acceptors (Lipinski definition) is 7. The van der Waals surface area contributed by atoms with E-state index >= 15 is 0 Å². The number of rotatable bonds is 8. The molecule has 1 atom stereocenters. The Hall–Kier alpha value is -2.56.